The number of benzene rings is 3. The number of ether oxygens (including phenoxy) is 4. The largest absolute Gasteiger partial charge is 0.493 e. The summed E-state index contributed by atoms with van der Waals surface area (Å²) in [6.45, 7) is 1.96. The monoisotopic (exact) mass is 493 g/mol. The van der Waals surface area contributed by atoms with E-state index in [9.17, 15) is 9.18 Å². The Kier molecular flexibility index (Phi) is 8.79. The zero-order chi connectivity index (χ0) is 25.3. The molecule has 0 saturated carbocycles. The van der Waals surface area contributed by atoms with Crippen LogP contribution in [-0.4, -0.2) is 50.9 Å². The number of methoxy groups -OCH3 is 2. The predicted octanol–water partition coefficient (Wildman–Crippen LogP) is 5.29. The summed E-state index contributed by atoms with van der Waals surface area (Å²) in [4.78, 5) is 15.4. The van der Waals surface area contributed by atoms with Crippen LogP contribution < -0.4 is 14.2 Å². The van der Waals surface area contributed by atoms with E-state index in [1.807, 2.05) is 30.3 Å². The van der Waals surface area contributed by atoms with E-state index in [-0.39, 0.29) is 17.8 Å². The standard InChI is InChI=1S/C29H32FNO5/c1-33-27-13-12-23(18-28(27)34-2)29(32)31(20-25-10-6-15-35-25)19-21-7-5-9-24(17-21)36-16-14-22-8-3-4-11-26(22)30/h3-5,7-9,11-13,17-18,25H,6,10,14-16,19-20H2,1-2H3. The Bertz CT molecular complexity index is 1160. The molecule has 1 unspecified atom stereocenters. The molecule has 0 aliphatic carbocycles. The molecular formula is C29H32FNO5. The third-order valence-corrected chi connectivity index (χ3v) is 6.24. The summed E-state index contributed by atoms with van der Waals surface area (Å²) in [7, 11) is 3.11. The second-order valence-electron chi connectivity index (χ2n) is 8.73. The molecule has 36 heavy (non-hydrogen) atoms. The first-order valence-electron chi connectivity index (χ1n) is 12.2. The van der Waals surface area contributed by atoms with E-state index < -0.39 is 0 Å². The van der Waals surface area contributed by atoms with Crippen LogP contribution in [0.3, 0.4) is 0 Å². The van der Waals surface area contributed by atoms with E-state index in [0.717, 1.165) is 18.4 Å². The van der Waals surface area contributed by atoms with Crippen LogP contribution in [0, 0.1) is 5.82 Å². The smallest absolute Gasteiger partial charge is 0.254 e. The number of hydrogen-bond donors (Lipinski definition) is 0. The summed E-state index contributed by atoms with van der Waals surface area (Å²) >= 11 is 0. The summed E-state index contributed by atoms with van der Waals surface area (Å²) in [5, 5.41) is 0. The van der Waals surface area contributed by atoms with Crippen LogP contribution in [0.1, 0.15) is 34.3 Å². The van der Waals surface area contributed by atoms with Gasteiger partial charge in [0, 0.05) is 31.7 Å². The molecule has 1 atom stereocenters. The average Bonchev–Trinajstić information content (AvgIpc) is 3.42. The second-order valence-corrected chi connectivity index (χ2v) is 8.73. The van der Waals surface area contributed by atoms with Crippen LogP contribution in [-0.2, 0) is 17.7 Å². The lowest BCUT2D eigenvalue weighted by Crippen LogP contribution is -2.37. The number of hydrogen-bond acceptors (Lipinski definition) is 5. The minimum atomic E-state index is -0.228. The molecule has 1 saturated heterocycles. The van der Waals surface area contributed by atoms with Crippen molar-refractivity contribution in [1.82, 2.24) is 4.90 Å². The lowest BCUT2D eigenvalue weighted by molar-refractivity contribution is 0.0507. The zero-order valence-electron chi connectivity index (χ0n) is 20.7. The summed E-state index contributed by atoms with van der Waals surface area (Å²) in [6.07, 6.45) is 2.40. The molecule has 190 valence electrons. The van der Waals surface area contributed by atoms with Crippen molar-refractivity contribution >= 4 is 5.91 Å². The molecular weight excluding hydrogens is 461 g/mol. The van der Waals surface area contributed by atoms with Crippen LogP contribution in [0.5, 0.6) is 17.2 Å². The van der Waals surface area contributed by atoms with Crippen LogP contribution in [0.15, 0.2) is 66.7 Å². The number of carbonyl (C=O) groups is 1. The van der Waals surface area contributed by atoms with Crippen molar-refractivity contribution in [3.8, 4) is 17.2 Å². The van der Waals surface area contributed by atoms with Gasteiger partial charge in [-0.05, 0) is 60.4 Å². The van der Waals surface area contributed by atoms with Crippen molar-refractivity contribution in [3.63, 3.8) is 0 Å². The highest BCUT2D eigenvalue weighted by atomic mass is 19.1. The second kappa shape index (κ2) is 12.4. The predicted molar refractivity (Wildman–Crippen MR) is 135 cm³/mol. The topological polar surface area (TPSA) is 57.2 Å². The van der Waals surface area contributed by atoms with E-state index in [2.05, 4.69) is 0 Å². The Balaban J connectivity index is 1.47. The maximum Gasteiger partial charge on any atom is 0.254 e. The summed E-state index contributed by atoms with van der Waals surface area (Å²) in [6, 6.07) is 19.5. The van der Waals surface area contributed by atoms with Crippen molar-refractivity contribution in [2.75, 3.05) is 34.0 Å². The molecule has 3 aromatic carbocycles. The van der Waals surface area contributed by atoms with Crippen LogP contribution >= 0.6 is 0 Å². The molecule has 1 fully saturated rings. The van der Waals surface area contributed by atoms with Gasteiger partial charge in [0.25, 0.3) is 5.91 Å². The first-order chi connectivity index (χ1) is 17.6. The molecule has 0 N–H and O–H groups in total. The SMILES string of the molecule is COc1ccc(C(=O)N(Cc2cccc(OCCc3ccccc3F)c2)CC2CCCO2)cc1OC. The van der Waals surface area contributed by atoms with Crippen molar-refractivity contribution in [2.24, 2.45) is 0 Å². The lowest BCUT2D eigenvalue weighted by Gasteiger charge is -2.26. The molecule has 1 aliphatic heterocycles. The van der Waals surface area contributed by atoms with Gasteiger partial charge in [-0.25, -0.2) is 4.39 Å². The minimum absolute atomic E-state index is 0.00861. The number of rotatable bonds is 11. The van der Waals surface area contributed by atoms with Crippen molar-refractivity contribution in [2.45, 2.75) is 31.9 Å². The Morgan fingerprint density at radius 1 is 1.03 bits per heavy atom. The van der Waals surface area contributed by atoms with Gasteiger partial charge >= 0.3 is 0 Å². The highest BCUT2D eigenvalue weighted by Gasteiger charge is 2.24. The summed E-state index contributed by atoms with van der Waals surface area (Å²) in [5.74, 6) is 1.41. The van der Waals surface area contributed by atoms with Gasteiger partial charge in [-0.3, -0.25) is 4.79 Å². The first-order valence-corrected chi connectivity index (χ1v) is 12.2. The van der Waals surface area contributed by atoms with Gasteiger partial charge in [0.15, 0.2) is 11.5 Å². The summed E-state index contributed by atoms with van der Waals surface area (Å²) < 4.78 is 36.3. The molecule has 0 spiro atoms. The third-order valence-electron chi connectivity index (χ3n) is 6.24. The fourth-order valence-electron chi connectivity index (χ4n) is 4.34. The Morgan fingerprint density at radius 2 is 1.86 bits per heavy atom. The van der Waals surface area contributed by atoms with Gasteiger partial charge in [0.05, 0.1) is 26.9 Å². The van der Waals surface area contributed by atoms with Crippen molar-refractivity contribution in [1.29, 1.82) is 0 Å². The van der Waals surface area contributed by atoms with E-state index in [0.29, 0.717) is 61.1 Å². The van der Waals surface area contributed by atoms with E-state index in [1.54, 1.807) is 49.5 Å². The molecule has 1 heterocycles. The summed E-state index contributed by atoms with van der Waals surface area (Å²) in [5.41, 5.74) is 2.07. The Labute approximate surface area is 211 Å². The zero-order valence-corrected chi connectivity index (χ0v) is 20.7. The van der Waals surface area contributed by atoms with E-state index in [1.165, 1.54) is 6.07 Å². The average molecular weight is 494 g/mol. The van der Waals surface area contributed by atoms with Gasteiger partial charge < -0.3 is 23.8 Å². The molecule has 4 rings (SSSR count). The molecule has 1 aliphatic rings. The van der Waals surface area contributed by atoms with E-state index >= 15 is 0 Å². The van der Waals surface area contributed by atoms with Crippen LogP contribution in [0.4, 0.5) is 4.39 Å². The molecule has 7 heteroatoms. The van der Waals surface area contributed by atoms with E-state index in [4.69, 9.17) is 18.9 Å². The Hall–Kier alpha value is -3.58. The Morgan fingerprint density at radius 3 is 2.61 bits per heavy atom. The third kappa shape index (κ3) is 6.55. The fraction of sp³-hybridized carbons (Fsp3) is 0.345. The van der Waals surface area contributed by atoms with Crippen LogP contribution in [0.25, 0.3) is 0 Å². The maximum absolute atomic E-state index is 13.9. The lowest BCUT2D eigenvalue weighted by atomic mass is 10.1. The quantitative estimate of drug-likeness (QED) is 0.364. The minimum Gasteiger partial charge on any atom is -0.493 e. The van der Waals surface area contributed by atoms with Gasteiger partial charge in [0.1, 0.15) is 11.6 Å². The number of nitrogens with zero attached hydrogens (tertiary/aromatic N) is 1. The molecule has 0 radical (unpaired) electrons. The van der Waals surface area contributed by atoms with Crippen LogP contribution in [0.2, 0.25) is 0 Å². The molecule has 3 aromatic rings. The maximum atomic E-state index is 13.9. The normalized spacial score (nSPS) is 14.9. The molecule has 0 aromatic heterocycles. The van der Waals surface area contributed by atoms with Gasteiger partial charge in [-0.2, -0.15) is 0 Å². The van der Waals surface area contributed by atoms with Crippen molar-refractivity contribution in [3.05, 3.63) is 89.2 Å². The van der Waals surface area contributed by atoms with Gasteiger partial charge in [0.2, 0.25) is 0 Å². The molecule has 6 nitrogen and oxygen atoms in total. The fourth-order valence-corrected chi connectivity index (χ4v) is 4.34. The molecule has 0 bridgehead atoms. The number of carbonyl (C=O) groups excluding carboxylic acids is 1. The molecule has 1 amide bonds. The number of halogens is 1. The van der Waals surface area contributed by atoms with Crippen molar-refractivity contribution < 1.29 is 28.1 Å². The highest BCUT2D eigenvalue weighted by Crippen LogP contribution is 2.29. The highest BCUT2D eigenvalue weighted by molar-refractivity contribution is 5.95. The first kappa shape index (κ1) is 25.5. The van der Waals surface area contributed by atoms with Gasteiger partial charge in [-0.15, -0.1) is 0 Å². The van der Waals surface area contributed by atoms with Gasteiger partial charge in [-0.1, -0.05) is 30.3 Å². The number of amides is 1.